The Balaban J connectivity index is 1.46. The Morgan fingerprint density at radius 2 is 1.71 bits per heavy atom. The quantitative estimate of drug-likeness (QED) is 0.716. The maximum Gasteiger partial charge on any atom is 0.256 e. The van der Waals surface area contributed by atoms with E-state index in [-0.39, 0.29) is 5.91 Å². The van der Waals surface area contributed by atoms with Gasteiger partial charge in [0.25, 0.3) is 5.91 Å². The highest BCUT2D eigenvalue weighted by molar-refractivity contribution is 6.03. The van der Waals surface area contributed by atoms with E-state index in [4.69, 9.17) is 0 Å². The zero-order valence-electron chi connectivity index (χ0n) is 16.8. The smallest absolute Gasteiger partial charge is 0.256 e. The molecule has 3 aromatic rings. The van der Waals surface area contributed by atoms with E-state index in [0.29, 0.717) is 18.2 Å². The third-order valence-electron chi connectivity index (χ3n) is 5.42. The highest BCUT2D eigenvalue weighted by Gasteiger charge is 2.21. The average molecular weight is 377 g/mol. The summed E-state index contributed by atoms with van der Waals surface area (Å²) in [7, 11) is 0. The Kier molecular flexibility index (Phi) is 5.03. The van der Waals surface area contributed by atoms with E-state index in [1.54, 1.807) is 0 Å². The van der Waals surface area contributed by atoms with E-state index in [0.717, 1.165) is 41.3 Å². The largest absolute Gasteiger partial charge is 0.307 e. The fourth-order valence-corrected chi connectivity index (χ4v) is 4.00. The Labute approximate surface area is 165 Å². The molecule has 0 radical (unpaired) electrons. The molecule has 28 heavy (non-hydrogen) atoms. The number of hydrogen-bond acceptors (Lipinski definition) is 3. The molecule has 1 aromatic carbocycles. The molecular formula is C22H27N5O. The maximum atomic E-state index is 12.7. The summed E-state index contributed by atoms with van der Waals surface area (Å²) in [5, 5.41) is 12.1. The van der Waals surface area contributed by atoms with Crippen LogP contribution < -0.4 is 5.32 Å². The summed E-state index contributed by atoms with van der Waals surface area (Å²) in [6, 6.07) is 12.1. The number of carbonyl (C=O) groups excluding carboxylic acids is 1. The number of nitrogens with zero attached hydrogens (tertiary/aromatic N) is 4. The molecule has 0 atom stereocenters. The van der Waals surface area contributed by atoms with Gasteiger partial charge < -0.3 is 5.32 Å². The molecule has 6 heteroatoms. The van der Waals surface area contributed by atoms with Crippen molar-refractivity contribution >= 4 is 11.7 Å². The van der Waals surface area contributed by atoms with Gasteiger partial charge >= 0.3 is 0 Å². The lowest BCUT2D eigenvalue weighted by atomic mass is 10.1. The minimum absolute atomic E-state index is 0.100. The van der Waals surface area contributed by atoms with Crippen molar-refractivity contribution in [1.29, 1.82) is 0 Å². The Bertz CT molecular complexity index is 977. The number of amides is 1. The van der Waals surface area contributed by atoms with Crippen LogP contribution in [0.25, 0.3) is 0 Å². The van der Waals surface area contributed by atoms with Crippen molar-refractivity contribution in [2.24, 2.45) is 0 Å². The zero-order chi connectivity index (χ0) is 19.7. The first-order valence-corrected chi connectivity index (χ1v) is 9.97. The molecule has 0 unspecified atom stereocenters. The number of rotatable bonds is 5. The second-order valence-corrected chi connectivity index (χ2v) is 7.79. The molecule has 4 rings (SSSR count). The lowest BCUT2D eigenvalue weighted by Gasteiger charge is -2.14. The Morgan fingerprint density at radius 3 is 2.36 bits per heavy atom. The van der Waals surface area contributed by atoms with Crippen molar-refractivity contribution in [3.05, 3.63) is 64.6 Å². The van der Waals surface area contributed by atoms with E-state index >= 15 is 0 Å². The van der Waals surface area contributed by atoms with Gasteiger partial charge in [-0.05, 0) is 57.4 Å². The van der Waals surface area contributed by atoms with Crippen molar-refractivity contribution < 1.29 is 4.79 Å². The number of hydrogen-bond donors (Lipinski definition) is 1. The molecule has 0 bridgehead atoms. The topological polar surface area (TPSA) is 64.7 Å². The molecule has 1 aliphatic carbocycles. The molecule has 0 aliphatic heterocycles. The van der Waals surface area contributed by atoms with Crippen LogP contribution in [-0.4, -0.2) is 25.5 Å². The van der Waals surface area contributed by atoms with Gasteiger partial charge in [0.15, 0.2) is 0 Å². The molecule has 0 saturated heterocycles. The molecule has 1 N–H and O–H groups in total. The first kappa shape index (κ1) is 18.5. The van der Waals surface area contributed by atoms with E-state index in [1.165, 1.54) is 12.8 Å². The maximum absolute atomic E-state index is 12.7. The monoisotopic (exact) mass is 377 g/mol. The normalized spacial score (nSPS) is 14.5. The molecule has 2 heterocycles. The van der Waals surface area contributed by atoms with Crippen LogP contribution in [0.3, 0.4) is 0 Å². The van der Waals surface area contributed by atoms with Crippen LogP contribution in [0.15, 0.2) is 36.4 Å². The van der Waals surface area contributed by atoms with Crippen molar-refractivity contribution in [1.82, 2.24) is 19.6 Å². The van der Waals surface area contributed by atoms with Crippen molar-refractivity contribution in [2.75, 3.05) is 5.32 Å². The summed E-state index contributed by atoms with van der Waals surface area (Å²) in [5.74, 6) is 0.693. The first-order chi connectivity index (χ1) is 13.5. The summed E-state index contributed by atoms with van der Waals surface area (Å²) in [6.45, 7) is 6.72. The minimum atomic E-state index is -0.100. The fourth-order valence-electron chi connectivity index (χ4n) is 4.00. The van der Waals surface area contributed by atoms with Crippen LogP contribution in [0.5, 0.6) is 0 Å². The second kappa shape index (κ2) is 7.62. The molecule has 0 spiro atoms. The van der Waals surface area contributed by atoms with E-state index in [9.17, 15) is 4.79 Å². The van der Waals surface area contributed by atoms with Gasteiger partial charge in [0.1, 0.15) is 5.82 Å². The SMILES string of the molecule is Cc1cc(C)n(Cc2ccc(C(=O)Nc3cc(C)nn3C3CCCC3)cc2)n1. The zero-order valence-corrected chi connectivity index (χ0v) is 16.8. The number of carbonyl (C=O) groups is 1. The van der Waals surface area contributed by atoms with Crippen molar-refractivity contribution in [3.8, 4) is 0 Å². The number of aryl methyl sites for hydroxylation is 3. The summed E-state index contributed by atoms with van der Waals surface area (Å²) in [6.07, 6.45) is 4.72. The van der Waals surface area contributed by atoms with E-state index in [2.05, 4.69) is 28.5 Å². The Hall–Kier alpha value is -2.89. The third-order valence-corrected chi connectivity index (χ3v) is 5.42. The van der Waals surface area contributed by atoms with Crippen LogP contribution in [0.4, 0.5) is 5.82 Å². The van der Waals surface area contributed by atoms with Gasteiger partial charge in [-0.1, -0.05) is 25.0 Å². The lowest BCUT2D eigenvalue weighted by molar-refractivity contribution is 0.102. The number of nitrogens with one attached hydrogen (secondary N) is 1. The third kappa shape index (κ3) is 3.86. The van der Waals surface area contributed by atoms with Gasteiger partial charge in [-0.3, -0.25) is 9.48 Å². The minimum Gasteiger partial charge on any atom is -0.307 e. The van der Waals surface area contributed by atoms with E-state index in [1.807, 2.05) is 53.5 Å². The first-order valence-electron chi connectivity index (χ1n) is 9.97. The van der Waals surface area contributed by atoms with Crippen LogP contribution >= 0.6 is 0 Å². The molecule has 2 aromatic heterocycles. The summed E-state index contributed by atoms with van der Waals surface area (Å²) < 4.78 is 3.98. The average Bonchev–Trinajstić information content (AvgIpc) is 3.37. The van der Waals surface area contributed by atoms with Gasteiger partial charge in [0, 0.05) is 17.3 Å². The summed E-state index contributed by atoms with van der Waals surface area (Å²) >= 11 is 0. The van der Waals surface area contributed by atoms with Crippen molar-refractivity contribution in [2.45, 2.75) is 59.0 Å². The van der Waals surface area contributed by atoms with Gasteiger partial charge in [0.05, 0.1) is 24.0 Å². The van der Waals surface area contributed by atoms with Gasteiger partial charge in [-0.25, -0.2) is 4.68 Å². The summed E-state index contributed by atoms with van der Waals surface area (Å²) in [4.78, 5) is 12.7. The standard InChI is InChI=1S/C22H27N5O/c1-15-12-17(3)26(24-15)14-18-8-10-19(11-9-18)22(28)23-21-13-16(2)25-27(21)20-6-4-5-7-20/h8-13,20H,4-7,14H2,1-3H3,(H,23,28). The molecular weight excluding hydrogens is 350 g/mol. The number of benzene rings is 1. The van der Waals surface area contributed by atoms with Crippen LogP contribution in [0, 0.1) is 20.8 Å². The number of aromatic nitrogens is 4. The van der Waals surface area contributed by atoms with E-state index < -0.39 is 0 Å². The Morgan fingerprint density at radius 1 is 1.04 bits per heavy atom. The summed E-state index contributed by atoms with van der Waals surface area (Å²) in [5.41, 5.74) is 4.85. The van der Waals surface area contributed by atoms with Crippen LogP contribution in [0.1, 0.15) is 64.7 Å². The van der Waals surface area contributed by atoms with Crippen LogP contribution in [0.2, 0.25) is 0 Å². The lowest BCUT2D eigenvalue weighted by Crippen LogP contribution is -2.17. The highest BCUT2D eigenvalue weighted by atomic mass is 16.1. The van der Waals surface area contributed by atoms with Gasteiger partial charge in [-0.15, -0.1) is 0 Å². The molecule has 1 aliphatic rings. The predicted molar refractivity (Wildman–Crippen MR) is 110 cm³/mol. The predicted octanol–water partition coefficient (Wildman–Crippen LogP) is 4.42. The molecule has 1 fully saturated rings. The molecule has 146 valence electrons. The number of anilines is 1. The fraction of sp³-hybridized carbons (Fsp3) is 0.409. The van der Waals surface area contributed by atoms with Crippen molar-refractivity contribution in [3.63, 3.8) is 0 Å². The molecule has 1 saturated carbocycles. The van der Waals surface area contributed by atoms with Crippen LogP contribution in [-0.2, 0) is 6.54 Å². The molecule has 6 nitrogen and oxygen atoms in total. The second-order valence-electron chi connectivity index (χ2n) is 7.79. The van der Waals surface area contributed by atoms with Gasteiger partial charge in [-0.2, -0.15) is 10.2 Å². The highest BCUT2D eigenvalue weighted by Crippen LogP contribution is 2.32. The van der Waals surface area contributed by atoms with Gasteiger partial charge in [0.2, 0.25) is 0 Å². The molecule has 1 amide bonds.